The molecule has 0 aliphatic rings. The maximum absolute atomic E-state index is 12.6. The van der Waals surface area contributed by atoms with Gasteiger partial charge in [-0.05, 0) is 41.5 Å². The quantitative estimate of drug-likeness (QED) is 0.364. The Morgan fingerprint density at radius 3 is 2.66 bits per heavy atom. The SMILES string of the molecule is CCCCOc1ccc(C(=O)Nc2nc(-c3cccc4ccccc34)cs2)cc1. The first kappa shape index (κ1) is 19.2. The summed E-state index contributed by atoms with van der Waals surface area (Å²) < 4.78 is 5.64. The van der Waals surface area contributed by atoms with E-state index >= 15 is 0 Å². The number of ether oxygens (including phenoxy) is 1. The average molecular weight is 403 g/mol. The fourth-order valence-electron chi connectivity index (χ4n) is 3.11. The second-order valence-electron chi connectivity index (χ2n) is 6.75. The van der Waals surface area contributed by atoms with Crippen LogP contribution in [-0.2, 0) is 0 Å². The van der Waals surface area contributed by atoms with E-state index in [0.29, 0.717) is 17.3 Å². The van der Waals surface area contributed by atoms with E-state index in [1.54, 1.807) is 12.1 Å². The lowest BCUT2D eigenvalue weighted by molar-refractivity contribution is 0.102. The highest BCUT2D eigenvalue weighted by Gasteiger charge is 2.12. The molecule has 4 rings (SSSR count). The normalized spacial score (nSPS) is 10.8. The second-order valence-corrected chi connectivity index (χ2v) is 7.60. The molecule has 0 radical (unpaired) electrons. The zero-order chi connectivity index (χ0) is 20.1. The molecule has 0 atom stereocenters. The third kappa shape index (κ3) is 4.46. The van der Waals surface area contributed by atoms with Crippen LogP contribution in [0.2, 0.25) is 0 Å². The number of hydrogen-bond donors (Lipinski definition) is 1. The standard InChI is InChI=1S/C24H22N2O2S/c1-2-3-15-28-19-13-11-18(12-14-19)23(27)26-24-25-22(16-29-24)21-10-6-8-17-7-4-5-9-20(17)21/h4-14,16H,2-3,15H2,1H3,(H,25,26,27). The van der Waals surface area contributed by atoms with E-state index in [0.717, 1.165) is 35.2 Å². The first-order chi connectivity index (χ1) is 14.2. The summed E-state index contributed by atoms with van der Waals surface area (Å²) in [5.74, 6) is 0.603. The molecule has 4 aromatic rings. The van der Waals surface area contributed by atoms with Crippen molar-refractivity contribution in [2.75, 3.05) is 11.9 Å². The number of carbonyl (C=O) groups is 1. The Kier molecular flexibility index (Phi) is 5.86. The molecule has 0 fully saturated rings. The molecule has 3 aromatic carbocycles. The molecule has 0 saturated heterocycles. The number of hydrogen-bond acceptors (Lipinski definition) is 4. The van der Waals surface area contributed by atoms with Crippen molar-refractivity contribution in [3.8, 4) is 17.0 Å². The average Bonchev–Trinajstić information content (AvgIpc) is 3.22. The number of rotatable bonds is 7. The van der Waals surface area contributed by atoms with Crippen LogP contribution in [0, 0.1) is 0 Å². The molecular weight excluding hydrogens is 380 g/mol. The molecule has 0 aliphatic heterocycles. The van der Waals surface area contributed by atoms with Crippen molar-refractivity contribution in [2.24, 2.45) is 0 Å². The maximum Gasteiger partial charge on any atom is 0.257 e. The highest BCUT2D eigenvalue weighted by Crippen LogP contribution is 2.31. The molecular formula is C24H22N2O2S. The van der Waals surface area contributed by atoms with Crippen molar-refractivity contribution in [1.82, 2.24) is 4.98 Å². The van der Waals surface area contributed by atoms with E-state index in [9.17, 15) is 4.79 Å². The van der Waals surface area contributed by atoms with Crippen LogP contribution in [0.25, 0.3) is 22.0 Å². The number of thiazole rings is 1. The van der Waals surface area contributed by atoms with Gasteiger partial charge < -0.3 is 4.74 Å². The van der Waals surface area contributed by atoms with E-state index in [2.05, 4.69) is 41.5 Å². The van der Waals surface area contributed by atoms with Crippen LogP contribution in [0.5, 0.6) is 5.75 Å². The van der Waals surface area contributed by atoms with Crippen LogP contribution in [0.4, 0.5) is 5.13 Å². The largest absolute Gasteiger partial charge is 0.494 e. The molecule has 0 bridgehead atoms. The van der Waals surface area contributed by atoms with Gasteiger partial charge in [0.05, 0.1) is 12.3 Å². The van der Waals surface area contributed by atoms with Crippen molar-refractivity contribution in [3.63, 3.8) is 0 Å². The molecule has 29 heavy (non-hydrogen) atoms. The Bertz CT molecular complexity index is 1110. The number of anilines is 1. The van der Waals surface area contributed by atoms with E-state index in [1.165, 1.54) is 16.7 Å². The molecule has 0 saturated carbocycles. The minimum Gasteiger partial charge on any atom is -0.494 e. The third-order valence-corrected chi connectivity index (χ3v) is 5.43. The predicted molar refractivity (Wildman–Crippen MR) is 120 cm³/mol. The monoisotopic (exact) mass is 402 g/mol. The van der Waals surface area contributed by atoms with Crippen molar-refractivity contribution in [1.29, 1.82) is 0 Å². The van der Waals surface area contributed by atoms with Gasteiger partial charge in [-0.1, -0.05) is 55.8 Å². The minimum absolute atomic E-state index is 0.177. The fourth-order valence-corrected chi connectivity index (χ4v) is 3.82. The summed E-state index contributed by atoms with van der Waals surface area (Å²) in [5.41, 5.74) is 2.50. The molecule has 1 heterocycles. The van der Waals surface area contributed by atoms with Gasteiger partial charge in [-0.25, -0.2) is 4.98 Å². The molecule has 0 aliphatic carbocycles. The maximum atomic E-state index is 12.6. The first-order valence-electron chi connectivity index (χ1n) is 9.72. The lowest BCUT2D eigenvalue weighted by Crippen LogP contribution is -2.11. The van der Waals surface area contributed by atoms with Gasteiger partial charge in [0, 0.05) is 16.5 Å². The lowest BCUT2D eigenvalue weighted by atomic mass is 10.0. The molecule has 146 valence electrons. The first-order valence-corrected chi connectivity index (χ1v) is 10.6. The summed E-state index contributed by atoms with van der Waals surface area (Å²) in [6.45, 7) is 2.82. The molecule has 4 nitrogen and oxygen atoms in total. The number of unbranched alkanes of at least 4 members (excludes halogenated alkanes) is 1. The third-order valence-electron chi connectivity index (χ3n) is 4.67. The highest BCUT2D eigenvalue weighted by molar-refractivity contribution is 7.14. The van der Waals surface area contributed by atoms with Crippen LogP contribution in [0.1, 0.15) is 30.1 Å². The zero-order valence-corrected chi connectivity index (χ0v) is 17.0. The van der Waals surface area contributed by atoms with Gasteiger partial charge in [0.2, 0.25) is 0 Å². The number of aromatic nitrogens is 1. The topological polar surface area (TPSA) is 51.2 Å². The van der Waals surface area contributed by atoms with E-state index in [4.69, 9.17) is 4.74 Å². The van der Waals surface area contributed by atoms with Crippen LogP contribution < -0.4 is 10.1 Å². The van der Waals surface area contributed by atoms with Crippen molar-refractivity contribution < 1.29 is 9.53 Å². The summed E-state index contributed by atoms with van der Waals surface area (Å²) in [6, 6.07) is 21.6. The summed E-state index contributed by atoms with van der Waals surface area (Å²) in [6.07, 6.45) is 2.11. The van der Waals surface area contributed by atoms with Gasteiger partial charge in [-0.2, -0.15) is 0 Å². The smallest absolute Gasteiger partial charge is 0.257 e. The van der Waals surface area contributed by atoms with Crippen LogP contribution in [0.3, 0.4) is 0 Å². The Labute approximate surface area is 174 Å². The Balaban J connectivity index is 1.47. The van der Waals surface area contributed by atoms with Crippen molar-refractivity contribution >= 4 is 33.1 Å². The highest BCUT2D eigenvalue weighted by atomic mass is 32.1. The lowest BCUT2D eigenvalue weighted by Gasteiger charge is -2.06. The van der Waals surface area contributed by atoms with Crippen LogP contribution >= 0.6 is 11.3 Å². The predicted octanol–water partition coefficient (Wildman–Crippen LogP) is 6.39. The number of fused-ring (bicyclic) bond motifs is 1. The van der Waals surface area contributed by atoms with E-state index in [-0.39, 0.29) is 5.91 Å². The minimum atomic E-state index is -0.177. The number of carbonyl (C=O) groups excluding carboxylic acids is 1. The van der Waals surface area contributed by atoms with Gasteiger partial charge in [-0.15, -0.1) is 11.3 Å². The molecule has 0 spiro atoms. The van der Waals surface area contributed by atoms with Crippen molar-refractivity contribution in [2.45, 2.75) is 19.8 Å². The number of benzene rings is 3. The Hall–Kier alpha value is -3.18. The fraction of sp³-hybridized carbons (Fsp3) is 0.167. The van der Waals surface area contributed by atoms with Gasteiger partial charge in [-0.3, -0.25) is 10.1 Å². The number of amides is 1. The Morgan fingerprint density at radius 2 is 1.83 bits per heavy atom. The van der Waals surface area contributed by atoms with Gasteiger partial charge in [0.1, 0.15) is 5.75 Å². The summed E-state index contributed by atoms with van der Waals surface area (Å²) in [7, 11) is 0. The molecule has 0 unspecified atom stereocenters. The summed E-state index contributed by atoms with van der Waals surface area (Å²) >= 11 is 1.42. The molecule has 1 N–H and O–H groups in total. The Morgan fingerprint density at radius 1 is 1.03 bits per heavy atom. The summed E-state index contributed by atoms with van der Waals surface area (Å²) in [4.78, 5) is 17.2. The number of nitrogens with zero attached hydrogens (tertiary/aromatic N) is 1. The summed E-state index contributed by atoms with van der Waals surface area (Å²) in [5, 5.41) is 7.78. The van der Waals surface area contributed by atoms with E-state index < -0.39 is 0 Å². The molecule has 1 aromatic heterocycles. The number of nitrogens with one attached hydrogen (secondary N) is 1. The zero-order valence-electron chi connectivity index (χ0n) is 16.2. The van der Waals surface area contributed by atoms with Crippen molar-refractivity contribution in [3.05, 3.63) is 77.7 Å². The van der Waals surface area contributed by atoms with E-state index in [1.807, 2.05) is 35.7 Å². The van der Waals surface area contributed by atoms with Gasteiger partial charge in [0.15, 0.2) is 5.13 Å². The van der Waals surface area contributed by atoms with Gasteiger partial charge >= 0.3 is 0 Å². The van der Waals surface area contributed by atoms with Gasteiger partial charge in [0.25, 0.3) is 5.91 Å². The van der Waals surface area contributed by atoms with Crippen LogP contribution in [-0.4, -0.2) is 17.5 Å². The molecule has 5 heteroatoms. The van der Waals surface area contributed by atoms with Crippen LogP contribution in [0.15, 0.2) is 72.1 Å². The second kappa shape index (κ2) is 8.88. The molecule has 1 amide bonds.